The van der Waals surface area contributed by atoms with Crippen LogP contribution < -0.4 is 0 Å². The molecular weight excluding hydrogens is 428 g/mol. The number of carbonyl (C=O) groups is 2. The van der Waals surface area contributed by atoms with Crippen LogP contribution in [0.15, 0.2) is 53.0 Å². The van der Waals surface area contributed by atoms with E-state index in [9.17, 15) is 24.2 Å². The van der Waals surface area contributed by atoms with E-state index in [1.165, 1.54) is 24.4 Å². The second-order valence-electron chi connectivity index (χ2n) is 8.21. The molecular formula is C23H24ClF2NO4. The first kappa shape index (κ1) is 23.2. The van der Waals surface area contributed by atoms with Crippen LogP contribution in [-0.4, -0.2) is 45.6 Å². The Morgan fingerprint density at radius 3 is 2.55 bits per heavy atom. The number of allylic oxidation sites excluding steroid dienone is 2. The number of Topliss-reactive ketones (excluding diaryl/α,β-unsaturated/α-hetero) is 1. The Bertz CT molecular complexity index is 1010. The van der Waals surface area contributed by atoms with Crippen molar-refractivity contribution in [3.63, 3.8) is 0 Å². The molecule has 0 saturated carbocycles. The molecule has 5 nitrogen and oxygen atoms in total. The molecule has 1 aromatic carbocycles. The van der Waals surface area contributed by atoms with Crippen LogP contribution in [0.2, 0.25) is 5.02 Å². The number of benzene rings is 1. The monoisotopic (exact) mass is 451 g/mol. The highest BCUT2D eigenvalue weighted by molar-refractivity contribution is 6.30. The Morgan fingerprint density at radius 1 is 1.29 bits per heavy atom. The van der Waals surface area contributed by atoms with Crippen LogP contribution in [-0.2, 0) is 16.0 Å². The predicted octanol–water partition coefficient (Wildman–Crippen LogP) is 4.06. The van der Waals surface area contributed by atoms with E-state index in [1.54, 1.807) is 17.9 Å². The maximum atomic E-state index is 15.4. The summed E-state index contributed by atoms with van der Waals surface area (Å²) in [4.78, 5) is 26.2. The molecule has 0 aromatic heterocycles. The van der Waals surface area contributed by atoms with Crippen molar-refractivity contribution in [3.05, 3.63) is 69.4 Å². The van der Waals surface area contributed by atoms with E-state index >= 15 is 4.39 Å². The molecule has 1 aliphatic carbocycles. The zero-order valence-corrected chi connectivity index (χ0v) is 18.2. The fourth-order valence-corrected chi connectivity index (χ4v) is 4.43. The molecule has 1 aliphatic heterocycles. The van der Waals surface area contributed by atoms with Crippen molar-refractivity contribution in [3.8, 4) is 0 Å². The fourth-order valence-electron chi connectivity index (χ4n) is 4.23. The largest absolute Gasteiger partial charge is 0.477 e. The Kier molecular flexibility index (Phi) is 6.67. The number of ketones is 1. The number of aliphatic carboxylic acids is 1. The van der Waals surface area contributed by atoms with Gasteiger partial charge in [0.15, 0.2) is 5.78 Å². The SMILES string of the molecule is CC(C)C(CO)N1C=C(C(=O)O)C(=O)C2=CC(Cc3cccc(Cl)c3F)=C(F)C(C)C21. The third-order valence-corrected chi connectivity index (χ3v) is 6.21. The fraction of sp³-hybridized carbons (Fsp3) is 0.391. The lowest BCUT2D eigenvalue weighted by Crippen LogP contribution is -2.53. The lowest BCUT2D eigenvalue weighted by atomic mass is 9.77. The summed E-state index contributed by atoms with van der Waals surface area (Å²) < 4.78 is 29.8. The van der Waals surface area contributed by atoms with Crippen molar-refractivity contribution in [2.24, 2.45) is 11.8 Å². The number of halogens is 3. The van der Waals surface area contributed by atoms with Crippen molar-refractivity contribution in [2.45, 2.75) is 39.3 Å². The zero-order valence-electron chi connectivity index (χ0n) is 17.4. The van der Waals surface area contributed by atoms with Gasteiger partial charge in [-0.3, -0.25) is 4.79 Å². The topological polar surface area (TPSA) is 77.8 Å². The van der Waals surface area contributed by atoms with Gasteiger partial charge in [0.05, 0.1) is 23.7 Å². The number of fused-ring (bicyclic) bond motifs is 1. The van der Waals surface area contributed by atoms with Crippen LogP contribution in [0.1, 0.15) is 26.3 Å². The summed E-state index contributed by atoms with van der Waals surface area (Å²) in [6, 6.07) is 3.13. The molecule has 2 aliphatic rings. The molecule has 3 atom stereocenters. The molecule has 8 heteroatoms. The van der Waals surface area contributed by atoms with Gasteiger partial charge < -0.3 is 15.1 Å². The van der Waals surface area contributed by atoms with Gasteiger partial charge in [-0.1, -0.05) is 44.5 Å². The zero-order chi connectivity index (χ0) is 23.0. The van der Waals surface area contributed by atoms with Crippen LogP contribution in [0.4, 0.5) is 8.78 Å². The summed E-state index contributed by atoms with van der Waals surface area (Å²) >= 11 is 5.83. The standard InChI is InChI=1S/C23H24ClF2NO4/c1-11(2)18(10-28)27-9-16(23(30)31)22(29)15-8-14(19(25)12(3)21(15)27)7-13-5-4-6-17(24)20(13)26/h4-6,8-9,11-12,18,21,28H,7,10H2,1-3H3,(H,30,31). The van der Waals surface area contributed by atoms with Crippen LogP contribution >= 0.6 is 11.6 Å². The summed E-state index contributed by atoms with van der Waals surface area (Å²) in [5.41, 5.74) is -0.0654. The summed E-state index contributed by atoms with van der Waals surface area (Å²) in [6.07, 6.45) is 2.39. The summed E-state index contributed by atoms with van der Waals surface area (Å²) in [7, 11) is 0. The maximum absolute atomic E-state index is 15.4. The smallest absolute Gasteiger partial charge is 0.341 e. The molecule has 2 N–H and O–H groups in total. The molecule has 1 heterocycles. The summed E-state index contributed by atoms with van der Waals surface area (Å²) in [5, 5.41) is 19.4. The Morgan fingerprint density at radius 2 is 1.97 bits per heavy atom. The molecule has 3 rings (SSSR count). The molecule has 0 fully saturated rings. The minimum atomic E-state index is -1.40. The van der Waals surface area contributed by atoms with E-state index < -0.39 is 47.0 Å². The maximum Gasteiger partial charge on any atom is 0.341 e. The van der Waals surface area contributed by atoms with E-state index in [0.29, 0.717) is 0 Å². The third kappa shape index (κ3) is 4.16. The van der Waals surface area contributed by atoms with Gasteiger partial charge in [0.1, 0.15) is 17.2 Å². The van der Waals surface area contributed by atoms with Crippen molar-refractivity contribution in [1.82, 2.24) is 4.90 Å². The van der Waals surface area contributed by atoms with Gasteiger partial charge in [-0.15, -0.1) is 0 Å². The minimum absolute atomic E-state index is 0.0908. The van der Waals surface area contributed by atoms with Gasteiger partial charge >= 0.3 is 5.97 Å². The lowest BCUT2D eigenvalue weighted by molar-refractivity contribution is -0.134. The van der Waals surface area contributed by atoms with Crippen LogP contribution in [0.5, 0.6) is 0 Å². The lowest BCUT2D eigenvalue weighted by Gasteiger charge is -2.46. The van der Waals surface area contributed by atoms with Crippen LogP contribution in [0, 0.1) is 17.7 Å². The van der Waals surface area contributed by atoms with Crippen LogP contribution in [0.3, 0.4) is 0 Å². The minimum Gasteiger partial charge on any atom is -0.477 e. The molecule has 0 spiro atoms. The molecule has 166 valence electrons. The summed E-state index contributed by atoms with van der Waals surface area (Å²) in [6.45, 7) is 5.00. The first-order chi connectivity index (χ1) is 14.6. The Labute approximate surface area is 184 Å². The number of carboxylic acid groups (broad SMARTS) is 1. The number of aliphatic hydroxyl groups is 1. The van der Waals surface area contributed by atoms with Gasteiger partial charge in [-0.2, -0.15) is 0 Å². The van der Waals surface area contributed by atoms with Crippen molar-refractivity contribution in [1.29, 1.82) is 0 Å². The highest BCUT2D eigenvalue weighted by Gasteiger charge is 2.45. The van der Waals surface area contributed by atoms with E-state index in [2.05, 4.69) is 0 Å². The van der Waals surface area contributed by atoms with Gasteiger partial charge in [-0.25, -0.2) is 13.6 Å². The summed E-state index contributed by atoms with van der Waals surface area (Å²) in [5.74, 6) is -4.19. The normalized spacial score (nSPS) is 22.3. The number of hydrogen-bond donors (Lipinski definition) is 2. The van der Waals surface area contributed by atoms with Gasteiger partial charge in [0.2, 0.25) is 0 Å². The van der Waals surface area contributed by atoms with E-state index in [-0.39, 0.29) is 40.7 Å². The number of carbonyl (C=O) groups excluding carboxylic acids is 1. The number of aliphatic hydroxyl groups excluding tert-OH is 1. The third-order valence-electron chi connectivity index (χ3n) is 5.92. The highest BCUT2D eigenvalue weighted by atomic mass is 35.5. The van der Waals surface area contributed by atoms with Crippen molar-refractivity contribution >= 4 is 23.4 Å². The second kappa shape index (κ2) is 8.93. The number of nitrogens with zero attached hydrogens (tertiary/aromatic N) is 1. The second-order valence-corrected chi connectivity index (χ2v) is 8.62. The first-order valence-corrected chi connectivity index (χ1v) is 10.4. The average molecular weight is 452 g/mol. The number of hydrogen-bond acceptors (Lipinski definition) is 4. The molecule has 3 unspecified atom stereocenters. The van der Waals surface area contributed by atoms with E-state index in [1.807, 2.05) is 13.8 Å². The number of rotatable bonds is 6. The average Bonchev–Trinajstić information content (AvgIpc) is 2.70. The van der Waals surface area contributed by atoms with E-state index in [0.717, 1.165) is 0 Å². The molecule has 31 heavy (non-hydrogen) atoms. The van der Waals surface area contributed by atoms with E-state index in [4.69, 9.17) is 11.6 Å². The molecule has 0 amide bonds. The molecule has 0 bridgehead atoms. The number of carboxylic acids is 1. The van der Waals surface area contributed by atoms with Gasteiger partial charge in [0, 0.05) is 24.1 Å². The molecule has 0 radical (unpaired) electrons. The quantitative estimate of drug-likeness (QED) is 0.638. The predicted molar refractivity (Wildman–Crippen MR) is 113 cm³/mol. The van der Waals surface area contributed by atoms with Crippen molar-refractivity contribution in [2.75, 3.05) is 6.61 Å². The van der Waals surface area contributed by atoms with Crippen LogP contribution in [0.25, 0.3) is 0 Å². The Balaban J connectivity index is 2.11. The highest BCUT2D eigenvalue weighted by Crippen LogP contribution is 2.41. The molecule has 0 saturated heterocycles. The molecule has 1 aromatic rings. The van der Waals surface area contributed by atoms with Gasteiger partial charge in [0.25, 0.3) is 0 Å². The first-order valence-electron chi connectivity index (χ1n) is 9.99. The van der Waals surface area contributed by atoms with Crippen molar-refractivity contribution < 1.29 is 28.6 Å². The van der Waals surface area contributed by atoms with Gasteiger partial charge in [-0.05, 0) is 29.2 Å². The Hall–Kier alpha value is -2.51.